The van der Waals surface area contributed by atoms with E-state index in [0.717, 1.165) is 17.8 Å². The van der Waals surface area contributed by atoms with Crippen LogP contribution in [0.5, 0.6) is 0 Å². The zero-order valence-electron chi connectivity index (χ0n) is 12.0. The van der Waals surface area contributed by atoms with Crippen LogP contribution in [0.2, 0.25) is 0 Å². The summed E-state index contributed by atoms with van der Waals surface area (Å²) in [5.41, 5.74) is 9.22. The third-order valence-electron chi connectivity index (χ3n) is 3.12. The predicted molar refractivity (Wildman–Crippen MR) is 85.6 cm³/mol. The third kappa shape index (κ3) is 4.11. The average Bonchev–Trinajstić information content (AvgIpc) is 2.54. The topological polar surface area (TPSA) is 53.0 Å². The first-order chi connectivity index (χ1) is 10.2. The number of rotatable bonds is 3. The Hall–Kier alpha value is -2.75. The van der Waals surface area contributed by atoms with Gasteiger partial charge in [0.05, 0.1) is 18.2 Å². The minimum Gasteiger partial charge on any atom is -0.370 e. The lowest BCUT2D eigenvalue weighted by Crippen LogP contribution is -2.16. The summed E-state index contributed by atoms with van der Waals surface area (Å²) >= 11 is 0. The van der Waals surface area contributed by atoms with Crippen molar-refractivity contribution in [3.05, 3.63) is 65.2 Å². The Morgan fingerprint density at radius 1 is 1.10 bits per heavy atom. The molecule has 2 aromatic rings. The molecule has 0 bridgehead atoms. The van der Waals surface area contributed by atoms with Crippen LogP contribution in [0.15, 0.2) is 48.5 Å². The van der Waals surface area contributed by atoms with Gasteiger partial charge < -0.3 is 10.6 Å². The van der Waals surface area contributed by atoms with Gasteiger partial charge in [0.15, 0.2) is 0 Å². The highest BCUT2D eigenvalue weighted by Gasteiger charge is 2.03. The minimum atomic E-state index is 0.375. The molecule has 0 aromatic heterocycles. The first kappa shape index (κ1) is 14.7. The van der Waals surface area contributed by atoms with E-state index in [4.69, 9.17) is 11.0 Å². The molecule has 0 aliphatic rings. The highest BCUT2D eigenvalue weighted by atomic mass is 15.1. The molecule has 0 radical (unpaired) electrons. The maximum atomic E-state index is 8.94. The van der Waals surface area contributed by atoms with Crippen molar-refractivity contribution in [2.24, 2.45) is 5.73 Å². The SMILES string of the molecule is CN(Cc1ccc(C#CCN)cc1)c1cccc(C#N)c1. The lowest BCUT2D eigenvalue weighted by Gasteiger charge is -2.19. The molecule has 0 unspecified atom stereocenters. The maximum Gasteiger partial charge on any atom is 0.0992 e. The van der Waals surface area contributed by atoms with Crippen LogP contribution in [-0.2, 0) is 6.54 Å². The smallest absolute Gasteiger partial charge is 0.0992 e. The molecule has 0 heterocycles. The molecule has 2 N–H and O–H groups in total. The van der Waals surface area contributed by atoms with E-state index in [-0.39, 0.29) is 0 Å². The normalized spacial score (nSPS) is 9.38. The van der Waals surface area contributed by atoms with Gasteiger partial charge in [-0.2, -0.15) is 5.26 Å². The summed E-state index contributed by atoms with van der Waals surface area (Å²) in [6.45, 7) is 1.15. The second-order valence-corrected chi connectivity index (χ2v) is 4.72. The second-order valence-electron chi connectivity index (χ2n) is 4.72. The summed E-state index contributed by atoms with van der Waals surface area (Å²) in [4.78, 5) is 2.11. The fraction of sp³-hybridized carbons (Fsp3) is 0.167. The molecule has 21 heavy (non-hydrogen) atoms. The van der Waals surface area contributed by atoms with Gasteiger partial charge >= 0.3 is 0 Å². The van der Waals surface area contributed by atoms with Crippen molar-refractivity contribution in [1.82, 2.24) is 0 Å². The number of benzene rings is 2. The van der Waals surface area contributed by atoms with Crippen LogP contribution in [0, 0.1) is 23.2 Å². The molecule has 0 saturated heterocycles. The van der Waals surface area contributed by atoms with E-state index in [0.29, 0.717) is 12.1 Å². The van der Waals surface area contributed by atoms with Crippen molar-refractivity contribution in [2.75, 3.05) is 18.5 Å². The molecule has 0 atom stereocenters. The quantitative estimate of drug-likeness (QED) is 0.876. The van der Waals surface area contributed by atoms with Crippen LogP contribution >= 0.6 is 0 Å². The van der Waals surface area contributed by atoms with E-state index >= 15 is 0 Å². The molecule has 2 aromatic carbocycles. The van der Waals surface area contributed by atoms with Gasteiger partial charge in [-0.15, -0.1) is 0 Å². The van der Waals surface area contributed by atoms with Gasteiger partial charge in [-0.3, -0.25) is 0 Å². The van der Waals surface area contributed by atoms with E-state index in [1.807, 2.05) is 43.4 Å². The summed E-state index contributed by atoms with van der Waals surface area (Å²) in [6.07, 6.45) is 0. The van der Waals surface area contributed by atoms with Crippen LogP contribution in [0.25, 0.3) is 0 Å². The van der Waals surface area contributed by atoms with Gasteiger partial charge in [0.1, 0.15) is 0 Å². The standard InChI is InChI=1S/C18H17N3/c1-21(18-6-2-4-17(12-18)13-20)14-16-9-7-15(8-10-16)5-3-11-19/h2,4,6-10,12H,11,14,19H2,1H3. The van der Waals surface area contributed by atoms with E-state index < -0.39 is 0 Å². The Morgan fingerprint density at radius 2 is 1.86 bits per heavy atom. The number of nitriles is 1. The van der Waals surface area contributed by atoms with E-state index in [1.54, 1.807) is 0 Å². The summed E-state index contributed by atoms with van der Waals surface area (Å²) in [6, 6.07) is 17.9. The maximum absolute atomic E-state index is 8.94. The lowest BCUT2D eigenvalue weighted by molar-refractivity contribution is 0.922. The van der Waals surface area contributed by atoms with Crippen LogP contribution in [0.4, 0.5) is 5.69 Å². The van der Waals surface area contributed by atoms with E-state index in [1.165, 1.54) is 5.56 Å². The molecule has 2 rings (SSSR count). The fourth-order valence-corrected chi connectivity index (χ4v) is 2.02. The van der Waals surface area contributed by atoms with Crippen LogP contribution in [0.1, 0.15) is 16.7 Å². The fourth-order valence-electron chi connectivity index (χ4n) is 2.02. The number of nitrogens with two attached hydrogens (primary N) is 1. The molecule has 0 aliphatic carbocycles. The first-order valence-corrected chi connectivity index (χ1v) is 6.72. The summed E-state index contributed by atoms with van der Waals surface area (Å²) in [5.74, 6) is 5.85. The predicted octanol–water partition coefficient (Wildman–Crippen LogP) is 2.50. The zero-order chi connectivity index (χ0) is 15.1. The molecule has 3 nitrogen and oxygen atoms in total. The number of hydrogen-bond acceptors (Lipinski definition) is 3. The van der Waals surface area contributed by atoms with E-state index in [2.05, 4.69) is 34.9 Å². The minimum absolute atomic E-state index is 0.375. The van der Waals surface area contributed by atoms with Crippen molar-refractivity contribution in [1.29, 1.82) is 5.26 Å². The molecule has 104 valence electrons. The molecule has 0 aliphatic heterocycles. The Bertz CT molecular complexity index is 700. The number of anilines is 1. The molecule has 0 spiro atoms. The summed E-state index contributed by atoms with van der Waals surface area (Å²) in [7, 11) is 2.01. The average molecular weight is 275 g/mol. The second kappa shape index (κ2) is 7.14. The van der Waals surface area contributed by atoms with Gasteiger partial charge in [-0.25, -0.2) is 0 Å². The van der Waals surface area contributed by atoms with Gasteiger partial charge in [0.25, 0.3) is 0 Å². The summed E-state index contributed by atoms with van der Waals surface area (Å²) in [5, 5.41) is 8.94. The van der Waals surface area contributed by atoms with Gasteiger partial charge in [0, 0.05) is 24.8 Å². The van der Waals surface area contributed by atoms with Crippen molar-refractivity contribution in [3.63, 3.8) is 0 Å². The molecule has 3 heteroatoms. The molecular formula is C18H17N3. The Balaban J connectivity index is 2.08. The van der Waals surface area contributed by atoms with Crippen LogP contribution in [0.3, 0.4) is 0 Å². The molecule has 0 amide bonds. The van der Waals surface area contributed by atoms with Crippen molar-refractivity contribution in [3.8, 4) is 17.9 Å². The lowest BCUT2D eigenvalue weighted by atomic mass is 10.1. The number of hydrogen-bond donors (Lipinski definition) is 1. The zero-order valence-corrected chi connectivity index (χ0v) is 12.0. The van der Waals surface area contributed by atoms with Gasteiger partial charge in [-0.05, 0) is 35.9 Å². The molecule has 0 saturated carbocycles. The first-order valence-electron chi connectivity index (χ1n) is 6.72. The monoisotopic (exact) mass is 275 g/mol. The Morgan fingerprint density at radius 3 is 2.52 bits per heavy atom. The van der Waals surface area contributed by atoms with Gasteiger partial charge in [-0.1, -0.05) is 30.0 Å². The largest absolute Gasteiger partial charge is 0.370 e. The highest BCUT2D eigenvalue weighted by Crippen LogP contribution is 2.17. The van der Waals surface area contributed by atoms with Crippen molar-refractivity contribution in [2.45, 2.75) is 6.54 Å². The Kier molecular flexibility index (Phi) is 4.99. The van der Waals surface area contributed by atoms with Crippen molar-refractivity contribution < 1.29 is 0 Å². The van der Waals surface area contributed by atoms with E-state index in [9.17, 15) is 0 Å². The highest BCUT2D eigenvalue weighted by molar-refractivity contribution is 5.51. The van der Waals surface area contributed by atoms with Gasteiger partial charge in [0.2, 0.25) is 0 Å². The van der Waals surface area contributed by atoms with Crippen LogP contribution < -0.4 is 10.6 Å². The molecule has 0 fully saturated rings. The number of nitrogens with zero attached hydrogens (tertiary/aromatic N) is 2. The Labute approximate surface area is 125 Å². The van der Waals surface area contributed by atoms with Crippen LogP contribution in [-0.4, -0.2) is 13.6 Å². The van der Waals surface area contributed by atoms with Crippen molar-refractivity contribution >= 4 is 5.69 Å². The third-order valence-corrected chi connectivity index (χ3v) is 3.12. The molecular weight excluding hydrogens is 258 g/mol. The summed E-state index contributed by atoms with van der Waals surface area (Å²) < 4.78 is 0.